The summed E-state index contributed by atoms with van der Waals surface area (Å²) in [5.41, 5.74) is 0. The molecule has 1 aliphatic heterocycles. The Bertz CT molecular complexity index is 199. The summed E-state index contributed by atoms with van der Waals surface area (Å²) in [6.07, 6.45) is 4.05. The number of rotatable bonds is 3. The van der Waals surface area contributed by atoms with Crippen molar-refractivity contribution in [1.82, 2.24) is 5.32 Å². The van der Waals surface area contributed by atoms with Gasteiger partial charge in [-0.2, -0.15) is 0 Å². The molecule has 0 radical (unpaired) electrons. The summed E-state index contributed by atoms with van der Waals surface area (Å²) in [5, 5.41) is 11.6. The molecule has 0 amide bonds. The molecule has 3 heteroatoms. The first-order chi connectivity index (χ1) is 5.74. The predicted octanol–water partition coefficient (Wildman–Crippen LogP) is 0.766. The molecule has 0 aromatic rings. The summed E-state index contributed by atoms with van der Waals surface area (Å²) < 4.78 is 0. The van der Waals surface area contributed by atoms with Crippen LogP contribution in [0.4, 0.5) is 0 Å². The van der Waals surface area contributed by atoms with Crippen LogP contribution in [0.3, 0.4) is 0 Å². The molecule has 1 aliphatic rings. The first-order valence-electron chi connectivity index (χ1n) is 4.34. The van der Waals surface area contributed by atoms with Crippen molar-refractivity contribution < 1.29 is 5.11 Å². The summed E-state index contributed by atoms with van der Waals surface area (Å²) in [6, 6.07) is 0. The third-order valence-electron chi connectivity index (χ3n) is 2.12. The maximum Gasteiger partial charge on any atom is 0.121 e. The molecule has 0 bridgehead atoms. The zero-order chi connectivity index (χ0) is 8.97. The van der Waals surface area contributed by atoms with Crippen LogP contribution in [0, 0.1) is 11.8 Å². The molecule has 0 aromatic heterocycles. The minimum atomic E-state index is 0.150. The Kier molecular flexibility index (Phi) is 3.29. The van der Waals surface area contributed by atoms with Gasteiger partial charge in [0.25, 0.3) is 0 Å². The van der Waals surface area contributed by atoms with Gasteiger partial charge in [0.2, 0.25) is 0 Å². The molecule has 2 N–H and O–H groups in total. The lowest BCUT2D eigenvalue weighted by Gasteiger charge is -2.18. The number of hydrogen-bond donors (Lipinski definition) is 2. The lowest BCUT2D eigenvalue weighted by atomic mass is 9.95. The van der Waals surface area contributed by atoms with E-state index in [0.29, 0.717) is 18.4 Å². The highest BCUT2D eigenvalue weighted by Crippen LogP contribution is 2.16. The van der Waals surface area contributed by atoms with Gasteiger partial charge in [-0.3, -0.25) is 0 Å². The number of nitrogens with one attached hydrogen (secondary N) is 1. The highest BCUT2D eigenvalue weighted by molar-refractivity contribution is 5.64. The van der Waals surface area contributed by atoms with Gasteiger partial charge >= 0.3 is 0 Å². The first kappa shape index (κ1) is 9.26. The van der Waals surface area contributed by atoms with Gasteiger partial charge < -0.3 is 10.4 Å². The Labute approximate surface area is 73.2 Å². The van der Waals surface area contributed by atoms with Crippen LogP contribution in [0.25, 0.3) is 0 Å². The Balaban J connectivity index is 2.46. The van der Waals surface area contributed by atoms with E-state index in [0.717, 1.165) is 5.82 Å². The summed E-state index contributed by atoms with van der Waals surface area (Å²) in [5.74, 6) is 1.93. The minimum Gasteiger partial charge on any atom is -0.395 e. The van der Waals surface area contributed by atoms with Gasteiger partial charge in [0.15, 0.2) is 0 Å². The van der Waals surface area contributed by atoms with Crippen LogP contribution in [0.2, 0.25) is 0 Å². The Morgan fingerprint density at radius 2 is 2.25 bits per heavy atom. The molecule has 68 valence electrons. The van der Waals surface area contributed by atoms with Crippen LogP contribution in [0.1, 0.15) is 13.8 Å². The van der Waals surface area contributed by atoms with Gasteiger partial charge in [0, 0.05) is 12.8 Å². The predicted molar refractivity (Wildman–Crippen MR) is 50.0 cm³/mol. The SMILES string of the molecule is CC1C=NC(NCCO)=CC1C. The number of aliphatic hydroxyl groups excluding tert-OH is 1. The van der Waals surface area contributed by atoms with Gasteiger partial charge in [-0.1, -0.05) is 13.8 Å². The summed E-state index contributed by atoms with van der Waals surface area (Å²) in [6.45, 7) is 5.03. The monoisotopic (exact) mass is 168 g/mol. The fourth-order valence-corrected chi connectivity index (χ4v) is 1.07. The Hall–Kier alpha value is -0.830. The van der Waals surface area contributed by atoms with Gasteiger partial charge in [0.1, 0.15) is 5.82 Å². The average Bonchev–Trinajstić information content (AvgIpc) is 2.07. The fraction of sp³-hybridized carbons (Fsp3) is 0.667. The molecule has 2 unspecified atom stereocenters. The molecule has 0 saturated heterocycles. The lowest BCUT2D eigenvalue weighted by Crippen LogP contribution is -2.21. The van der Waals surface area contributed by atoms with Crippen LogP contribution >= 0.6 is 0 Å². The molecular weight excluding hydrogens is 152 g/mol. The van der Waals surface area contributed by atoms with Gasteiger partial charge in [-0.15, -0.1) is 0 Å². The van der Waals surface area contributed by atoms with Gasteiger partial charge in [0.05, 0.1) is 6.61 Å². The second-order valence-electron chi connectivity index (χ2n) is 3.20. The number of nitrogens with zero attached hydrogens (tertiary/aromatic N) is 1. The van der Waals surface area contributed by atoms with Crippen molar-refractivity contribution >= 4 is 6.21 Å². The number of hydrogen-bond acceptors (Lipinski definition) is 3. The van der Waals surface area contributed by atoms with E-state index in [1.54, 1.807) is 0 Å². The van der Waals surface area contributed by atoms with Crippen LogP contribution < -0.4 is 5.32 Å². The topological polar surface area (TPSA) is 44.6 Å². The van der Waals surface area contributed by atoms with Crippen LogP contribution in [-0.4, -0.2) is 24.5 Å². The maximum atomic E-state index is 8.57. The van der Waals surface area contributed by atoms with E-state index in [1.807, 2.05) is 6.21 Å². The van der Waals surface area contributed by atoms with E-state index in [1.165, 1.54) is 0 Å². The average molecular weight is 168 g/mol. The lowest BCUT2D eigenvalue weighted by molar-refractivity contribution is 0.296. The minimum absolute atomic E-state index is 0.150. The number of aliphatic imine (C=N–C) groups is 1. The normalized spacial score (nSPS) is 28.4. The molecule has 2 atom stereocenters. The molecular formula is C9H16N2O. The van der Waals surface area contributed by atoms with Gasteiger partial charge in [-0.25, -0.2) is 4.99 Å². The standard InChI is InChI=1S/C9H16N2O/c1-7-5-9(10-3-4-12)11-6-8(7)2/h5-8,10,12H,3-4H2,1-2H3. The van der Waals surface area contributed by atoms with E-state index < -0.39 is 0 Å². The third-order valence-corrected chi connectivity index (χ3v) is 2.12. The zero-order valence-electron chi connectivity index (χ0n) is 7.62. The van der Waals surface area contributed by atoms with Crippen molar-refractivity contribution in [3.8, 4) is 0 Å². The second kappa shape index (κ2) is 4.26. The van der Waals surface area contributed by atoms with E-state index in [-0.39, 0.29) is 6.61 Å². The molecule has 0 aromatic carbocycles. The molecule has 12 heavy (non-hydrogen) atoms. The fourth-order valence-electron chi connectivity index (χ4n) is 1.07. The molecule has 0 fully saturated rings. The van der Waals surface area contributed by atoms with Crippen LogP contribution in [0.5, 0.6) is 0 Å². The Morgan fingerprint density at radius 1 is 1.50 bits per heavy atom. The third kappa shape index (κ3) is 2.34. The highest BCUT2D eigenvalue weighted by atomic mass is 16.3. The van der Waals surface area contributed by atoms with E-state index >= 15 is 0 Å². The largest absolute Gasteiger partial charge is 0.395 e. The van der Waals surface area contributed by atoms with Crippen molar-refractivity contribution in [2.75, 3.05) is 13.2 Å². The molecule has 0 saturated carbocycles. The molecule has 0 spiro atoms. The quantitative estimate of drug-likeness (QED) is 0.653. The highest BCUT2D eigenvalue weighted by Gasteiger charge is 2.12. The van der Waals surface area contributed by atoms with Crippen LogP contribution in [0.15, 0.2) is 16.9 Å². The number of aliphatic hydroxyl groups is 1. The number of allylic oxidation sites excluding steroid dienone is 1. The smallest absolute Gasteiger partial charge is 0.121 e. The summed E-state index contributed by atoms with van der Waals surface area (Å²) in [4.78, 5) is 4.21. The molecule has 3 nitrogen and oxygen atoms in total. The van der Waals surface area contributed by atoms with E-state index in [9.17, 15) is 0 Å². The van der Waals surface area contributed by atoms with E-state index in [2.05, 4.69) is 30.2 Å². The molecule has 1 heterocycles. The summed E-state index contributed by atoms with van der Waals surface area (Å²) >= 11 is 0. The van der Waals surface area contributed by atoms with Crippen LogP contribution in [-0.2, 0) is 0 Å². The maximum absolute atomic E-state index is 8.57. The van der Waals surface area contributed by atoms with Crippen molar-refractivity contribution in [1.29, 1.82) is 0 Å². The van der Waals surface area contributed by atoms with Gasteiger partial charge in [-0.05, 0) is 17.9 Å². The van der Waals surface area contributed by atoms with E-state index in [4.69, 9.17) is 5.11 Å². The first-order valence-corrected chi connectivity index (χ1v) is 4.34. The van der Waals surface area contributed by atoms with Crippen molar-refractivity contribution in [2.45, 2.75) is 13.8 Å². The van der Waals surface area contributed by atoms with Crippen molar-refractivity contribution in [3.63, 3.8) is 0 Å². The van der Waals surface area contributed by atoms with Crippen molar-refractivity contribution in [2.24, 2.45) is 16.8 Å². The zero-order valence-corrected chi connectivity index (χ0v) is 7.62. The molecule has 1 rings (SSSR count). The Morgan fingerprint density at radius 3 is 2.83 bits per heavy atom. The second-order valence-corrected chi connectivity index (χ2v) is 3.20. The van der Waals surface area contributed by atoms with Crippen molar-refractivity contribution in [3.05, 3.63) is 11.9 Å². The summed E-state index contributed by atoms with van der Waals surface area (Å²) in [7, 11) is 0. The molecule has 0 aliphatic carbocycles.